The predicted octanol–water partition coefficient (Wildman–Crippen LogP) is 3.87. The number of rotatable bonds is 5. The van der Waals surface area contributed by atoms with E-state index in [9.17, 15) is 4.79 Å². The Morgan fingerprint density at radius 2 is 1.86 bits per heavy atom. The zero-order valence-electron chi connectivity index (χ0n) is 11.7. The van der Waals surface area contributed by atoms with Crippen LogP contribution in [0, 0.1) is 11.3 Å². The predicted molar refractivity (Wildman–Crippen MR) is 86.1 cm³/mol. The quantitative estimate of drug-likeness (QED) is 0.852. The third kappa shape index (κ3) is 4.66. The number of benzene rings is 2. The van der Waals surface area contributed by atoms with Crippen LogP contribution in [0.5, 0.6) is 0 Å². The lowest BCUT2D eigenvalue weighted by Crippen LogP contribution is -2.22. The Balaban J connectivity index is 1.93. The van der Waals surface area contributed by atoms with Crippen LogP contribution in [-0.2, 0) is 11.2 Å². The number of nitrogens with one attached hydrogen (secondary N) is 1. The van der Waals surface area contributed by atoms with Gasteiger partial charge in [0.15, 0.2) is 0 Å². The maximum Gasteiger partial charge on any atom is 0.237 e. The van der Waals surface area contributed by atoms with Gasteiger partial charge in [0.2, 0.25) is 5.91 Å². The maximum atomic E-state index is 12.1. The lowest BCUT2D eigenvalue weighted by Gasteiger charge is -2.12. The van der Waals surface area contributed by atoms with Crippen LogP contribution in [0.4, 0.5) is 5.69 Å². The molecule has 0 fully saturated rings. The molecule has 2 aromatic rings. The first-order chi connectivity index (χ1) is 10.2. The van der Waals surface area contributed by atoms with Gasteiger partial charge in [0, 0.05) is 10.6 Å². The first-order valence-corrected chi connectivity index (χ1v) is 7.55. The summed E-state index contributed by atoms with van der Waals surface area (Å²) in [5.74, 6) is -0.0307. The molecule has 0 aliphatic heterocycles. The van der Waals surface area contributed by atoms with Crippen molar-refractivity contribution in [3.8, 4) is 6.07 Å². The van der Waals surface area contributed by atoms with Gasteiger partial charge in [0.25, 0.3) is 0 Å². The highest BCUT2D eigenvalue weighted by molar-refractivity contribution is 8.00. The van der Waals surface area contributed by atoms with Crippen molar-refractivity contribution in [2.75, 3.05) is 5.32 Å². The molecule has 0 aliphatic carbocycles. The molecule has 1 amide bonds. The van der Waals surface area contributed by atoms with E-state index >= 15 is 0 Å². The number of anilines is 1. The van der Waals surface area contributed by atoms with Gasteiger partial charge in [0.05, 0.1) is 17.7 Å². The Bertz CT molecular complexity index is 632. The fourth-order valence-corrected chi connectivity index (χ4v) is 2.69. The summed E-state index contributed by atoms with van der Waals surface area (Å²) in [4.78, 5) is 13.2. The summed E-state index contributed by atoms with van der Waals surface area (Å²) >= 11 is 1.53. The van der Waals surface area contributed by atoms with Gasteiger partial charge in [0.1, 0.15) is 0 Å². The Kier molecular flexibility index (Phi) is 5.42. The molecular weight excluding hydrogens is 280 g/mol. The lowest BCUT2D eigenvalue weighted by molar-refractivity contribution is -0.115. The highest BCUT2D eigenvalue weighted by Crippen LogP contribution is 2.23. The van der Waals surface area contributed by atoms with E-state index in [2.05, 4.69) is 11.4 Å². The molecular formula is C17H16N2OS. The standard InChI is InChI=1S/C17H16N2OS/c1-13(21-16-5-3-2-4-6-16)17(20)19-15-9-7-14(8-10-15)11-12-18/h2-10,13H,11H2,1H3,(H,19,20). The molecule has 1 atom stereocenters. The Labute approximate surface area is 129 Å². The normalized spacial score (nSPS) is 11.4. The number of carbonyl (C=O) groups is 1. The molecule has 0 saturated carbocycles. The molecule has 2 aromatic carbocycles. The molecule has 0 saturated heterocycles. The van der Waals surface area contributed by atoms with Crippen LogP contribution in [0.2, 0.25) is 0 Å². The highest BCUT2D eigenvalue weighted by atomic mass is 32.2. The van der Waals surface area contributed by atoms with Gasteiger partial charge in [-0.2, -0.15) is 5.26 Å². The van der Waals surface area contributed by atoms with Crippen LogP contribution in [-0.4, -0.2) is 11.2 Å². The molecule has 21 heavy (non-hydrogen) atoms. The second-order valence-electron chi connectivity index (χ2n) is 4.59. The number of carbonyl (C=O) groups excluding carboxylic acids is 1. The Morgan fingerprint density at radius 3 is 2.48 bits per heavy atom. The zero-order valence-corrected chi connectivity index (χ0v) is 12.6. The minimum absolute atomic E-state index is 0.0307. The van der Waals surface area contributed by atoms with Crippen LogP contribution in [0.15, 0.2) is 59.5 Å². The Morgan fingerprint density at radius 1 is 1.19 bits per heavy atom. The van der Waals surface area contributed by atoms with Crippen molar-refractivity contribution >= 4 is 23.4 Å². The molecule has 0 radical (unpaired) electrons. The second-order valence-corrected chi connectivity index (χ2v) is 6.01. The maximum absolute atomic E-state index is 12.1. The summed E-state index contributed by atoms with van der Waals surface area (Å²) in [7, 11) is 0. The minimum atomic E-state index is -0.175. The van der Waals surface area contributed by atoms with E-state index in [0.717, 1.165) is 16.1 Å². The Hall–Kier alpha value is -2.25. The number of thioether (sulfide) groups is 1. The van der Waals surface area contributed by atoms with Crippen LogP contribution < -0.4 is 5.32 Å². The summed E-state index contributed by atoms with van der Waals surface area (Å²) in [6, 6.07) is 19.3. The van der Waals surface area contributed by atoms with Crippen LogP contribution in [0.3, 0.4) is 0 Å². The monoisotopic (exact) mass is 296 g/mol. The van der Waals surface area contributed by atoms with Crippen molar-refractivity contribution in [3.05, 3.63) is 60.2 Å². The van der Waals surface area contributed by atoms with E-state index in [1.165, 1.54) is 11.8 Å². The minimum Gasteiger partial charge on any atom is -0.325 e. The number of amides is 1. The summed E-state index contributed by atoms with van der Waals surface area (Å²) in [6.07, 6.45) is 0.383. The molecule has 2 rings (SSSR count). The average Bonchev–Trinajstić information content (AvgIpc) is 2.50. The topological polar surface area (TPSA) is 52.9 Å². The summed E-state index contributed by atoms with van der Waals surface area (Å²) in [5.41, 5.74) is 1.70. The van der Waals surface area contributed by atoms with Crippen LogP contribution in [0.25, 0.3) is 0 Å². The van der Waals surface area contributed by atoms with Crippen molar-refractivity contribution in [2.24, 2.45) is 0 Å². The van der Waals surface area contributed by atoms with E-state index in [-0.39, 0.29) is 11.2 Å². The molecule has 0 spiro atoms. The lowest BCUT2D eigenvalue weighted by atomic mass is 10.1. The number of hydrogen-bond acceptors (Lipinski definition) is 3. The van der Waals surface area contributed by atoms with Crippen molar-refractivity contribution in [2.45, 2.75) is 23.5 Å². The first kappa shape index (κ1) is 15.1. The van der Waals surface area contributed by atoms with Crippen molar-refractivity contribution in [1.82, 2.24) is 0 Å². The van der Waals surface area contributed by atoms with Crippen molar-refractivity contribution < 1.29 is 4.79 Å². The number of nitriles is 1. The van der Waals surface area contributed by atoms with Gasteiger partial charge < -0.3 is 5.32 Å². The summed E-state index contributed by atoms with van der Waals surface area (Å²) < 4.78 is 0. The number of nitrogens with zero attached hydrogens (tertiary/aromatic N) is 1. The SMILES string of the molecule is CC(Sc1ccccc1)C(=O)Nc1ccc(CC#N)cc1. The second kappa shape index (κ2) is 7.51. The van der Waals surface area contributed by atoms with Crippen molar-refractivity contribution in [1.29, 1.82) is 5.26 Å². The molecule has 0 aromatic heterocycles. The van der Waals surface area contributed by atoms with Crippen LogP contribution >= 0.6 is 11.8 Å². The molecule has 4 heteroatoms. The third-order valence-electron chi connectivity index (χ3n) is 2.93. The fraction of sp³-hybridized carbons (Fsp3) is 0.176. The molecule has 106 valence electrons. The van der Waals surface area contributed by atoms with Crippen LogP contribution in [0.1, 0.15) is 12.5 Å². The molecule has 0 aliphatic rings. The van der Waals surface area contributed by atoms with E-state index < -0.39 is 0 Å². The van der Waals surface area contributed by atoms with Gasteiger partial charge in [-0.25, -0.2) is 0 Å². The smallest absolute Gasteiger partial charge is 0.237 e. The largest absolute Gasteiger partial charge is 0.325 e. The molecule has 0 heterocycles. The highest BCUT2D eigenvalue weighted by Gasteiger charge is 2.14. The van der Waals surface area contributed by atoms with Crippen molar-refractivity contribution in [3.63, 3.8) is 0 Å². The fourth-order valence-electron chi connectivity index (χ4n) is 1.80. The van der Waals surface area contributed by atoms with Gasteiger partial charge in [-0.05, 0) is 36.8 Å². The summed E-state index contributed by atoms with van der Waals surface area (Å²) in [6.45, 7) is 1.89. The number of hydrogen-bond donors (Lipinski definition) is 1. The van der Waals surface area contributed by atoms with E-state index in [0.29, 0.717) is 6.42 Å². The summed E-state index contributed by atoms with van der Waals surface area (Å²) in [5, 5.41) is 11.3. The zero-order chi connectivity index (χ0) is 15.1. The average molecular weight is 296 g/mol. The molecule has 1 N–H and O–H groups in total. The van der Waals surface area contributed by atoms with Gasteiger partial charge in [-0.15, -0.1) is 11.8 Å². The van der Waals surface area contributed by atoms with E-state index in [1.54, 1.807) is 0 Å². The molecule has 1 unspecified atom stereocenters. The van der Waals surface area contributed by atoms with Gasteiger partial charge >= 0.3 is 0 Å². The van der Waals surface area contributed by atoms with Gasteiger partial charge in [-0.1, -0.05) is 30.3 Å². The third-order valence-corrected chi connectivity index (χ3v) is 4.04. The van der Waals surface area contributed by atoms with E-state index in [1.807, 2.05) is 61.5 Å². The van der Waals surface area contributed by atoms with E-state index in [4.69, 9.17) is 5.26 Å². The first-order valence-electron chi connectivity index (χ1n) is 6.67. The van der Waals surface area contributed by atoms with Gasteiger partial charge in [-0.3, -0.25) is 4.79 Å². The molecule has 3 nitrogen and oxygen atoms in total. The molecule has 0 bridgehead atoms.